The molecule has 1 fully saturated rings. The van der Waals surface area contributed by atoms with E-state index in [4.69, 9.17) is 9.47 Å². The standard InChI is InChI=1S/C17H24N2O6S2/c1-3-25-16(20)12-26-13(2)17(21)18-14-5-4-6-15(11-14)27(22,23)19-7-9-24-10-8-19/h4-6,11,13H,3,7-10,12H2,1-2H3,(H,18,21). The third kappa shape index (κ3) is 6.20. The molecule has 27 heavy (non-hydrogen) atoms. The van der Waals surface area contributed by atoms with Crippen LogP contribution < -0.4 is 5.32 Å². The monoisotopic (exact) mass is 416 g/mol. The van der Waals surface area contributed by atoms with Crippen molar-refractivity contribution >= 4 is 39.3 Å². The smallest absolute Gasteiger partial charge is 0.315 e. The van der Waals surface area contributed by atoms with Gasteiger partial charge in [-0.15, -0.1) is 11.8 Å². The van der Waals surface area contributed by atoms with Crippen LogP contribution in [0.4, 0.5) is 5.69 Å². The number of carbonyl (C=O) groups is 2. The Hall–Kier alpha value is -1.62. The lowest BCUT2D eigenvalue weighted by Crippen LogP contribution is -2.40. The third-order valence-electron chi connectivity index (χ3n) is 3.84. The highest BCUT2D eigenvalue weighted by atomic mass is 32.2. The van der Waals surface area contributed by atoms with Crippen molar-refractivity contribution in [2.75, 3.05) is 44.0 Å². The van der Waals surface area contributed by atoms with Crippen molar-refractivity contribution in [2.24, 2.45) is 0 Å². The second kappa shape index (κ2) is 10.1. The van der Waals surface area contributed by atoms with Crippen LogP contribution in [0.25, 0.3) is 0 Å². The molecule has 1 unspecified atom stereocenters. The van der Waals surface area contributed by atoms with Crippen molar-refractivity contribution in [3.8, 4) is 0 Å². The molecule has 8 nitrogen and oxygen atoms in total. The molecule has 2 rings (SSSR count). The van der Waals surface area contributed by atoms with E-state index in [0.29, 0.717) is 38.6 Å². The van der Waals surface area contributed by atoms with E-state index < -0.39 is 15.3 Å². The number of ether oxygens (including phenoxy) is 2. The molecule has 1 N–H and O–H groups in total. The summed E-state index contributed by atoms with van der Waals surface area (Å²) in [7, 11) is -3.63. The third-order valence-corrected chi connectivity index (χ3v) is 6.85. The van der Waals surface area contributed by atoms with E-state index in [1.807, 2.05) is 0 Å². The molecule has 1 saturated heterocycles. The summed E-state index contributed by atoms with van der Waals surface area (Å²) in [6.07, 6.45) is 0. The molecule has 0 aromatic heterocycles. The number of morpholine rings is 1. The first-order valence-electron chi connectivity index (χ1n) is 8.60. The number of rotatable bonds is 8. The van der Waals surface area contributed by atoms with Gasteiger partial charge in [-0.3, -0.25) is 9.59 Å². The number of hydrogen-bond donors (Lipinski definition) is 1. The van der Waals surface area contributed by atoms with Crippen molar-refractivity contribution in [3.05, 3.63) is 24.3 Å². The van der Waals surface area contributed by atoms with Gasteiger partial charge in [-0.05, 0) is 32.0 Å². The Morgan fingerprint density at radius 3 is 2.70 bits per heavy atom. The van der Waals surface area contributed by atoms with Gasteiger partial charge in [-0.2, -0.15) is 4.31 Å². The Labute approximate surface area is 163 Å². The van der Waals surface area contributed by atoms with E-state index in [0.717, 1.165) is 11.8 Å². The van der Waals surface area contributed by atoms with E-state index in [2.05, 4.69) is 5.32 Å². The van der Waals surface area contributed by atoms with Gasteiger partial charge < -0.3 is 14.8 Å². The molecule has 0 bridgehead atoms. The fraction of sp³-hybridized carbons (Fsp3) is 0.529. The highest BCUT2D eigenvalue weighted by Crippen LogP contribution is 2.21. The van der Waals surface area contributed by atoms with Crippen LogP contribution in [0, 0.1) is 0 Å². The molecule has 1 aliphatic heterocycles. The molecule has 1 aromatic carbocycles. The average molecular weight is 417 g/mol. The van der Waals surface area contributed by atoms with Crippen LogP contribution >= 0.6 is 11.8 Å². The van der Waals surface area contributed by atoms with Crippen LogP contribution in [-0.2, 0) is 29.1 Å². The fourth-order valence-corrected chi connectivity index (χ4v) is 4.52. The molecule has 10 heteroatoms. The van der Waals surface area contributed by atoms with E-state index in [-0.39, 0.29) is 22.5 Å². The van der Waals surface area contributed by atoms with Crippen molar-refractivity contribution in [2.45, 2.75) is 24.0 Å². The zero-order valence-corrected chi connectivity index (χ0v) is 17.0. The maximum absolute atomic E-state index is 12.7. The lowest BCUT2D eigenvalue weighted by molar-refractivity contribution is -0.139. The number of hydrogen-bond acceptors (Lipinski definition) is 7. The van der Waals surface area contributed by atoms with Gasteiger partial charge in [0.05, 0.1) is 35.7 Å². The van der Waals surface area contributed by atoms with Gasteiger partial charge in [0, 0.05) is 18.8 Å². The van der Waals surface area contributed by atoms with E-state index in [9.17, 15) is 18.0 Å². The summed E-state index contributed by atoms with van der Waals surface area (Å²) in [4.78, 5) is 23.8. The van der Waals surface area contributed by atoms with Crippen LogP contribution in [0.1, 0.15) is 13.8 Å². The van der Waals surface area contributed by atoms with Gasteiger partial charge in [0.15, 0.2) is 0 Å². The lowest BCUT2D eigenvalue weighted by Gasteiger charge is -2.26. The highest BCUT2D eigenvalue weighted by molar-refractivity contribution is 8.01. The minimum Gasteiger partial charge on any atom is -0.465 e. The van der Waals surface area contributed by atoms with E-state index in [1.54, 1.807) is 26.0 Å². The Bertz CT molecular complexity index is 762. The van der Waals surface area contributed by atoms with Crippen LogP contribution in [0.15, 0.2) is 29.2 Å². The molecule has 0 aliphatic carbocycles. The molecule has 0 saturated carbocycles. The second-order valence-corrected chi connectivity index (χ2v) is 9.06. The molecule has 1 aromatic rings. The number of esters is 1. The van der Waals surface area contributed by atoms with E-state index >= 15 is 0 Å². The summed E-state index contributed by atoms with van der Waals surface area (Å²) >= 11 is 1.16. The molecule has 0 spiro atoms. The lowest BCUT2D eigenvalue weighted by atomic mass is 10.3. The van der Waals surface area contributed by atoms with Gasteiger partial charge in [0.25, 0.3) is 0 Å². The summed E-state index contributed by atoms with van der Waals surface area (Å²) < 4.78 is 36.8. The number of carbonyl (C=O) groups excluding carboxylic acids is 2. The zero-order chi connectivity index (χ0) is 19.9. The molecule has 1 heterocycles. The minimum absolute atomic E-state index is 0.0773. The predicted molar refractivity (Wildman–Crippen MR) is 103 cm³/mol. The number of amides is 1. The van der Waals surface area contributed by atoms with Crippen LogP contribution in [0.3, 0.4) is 0 Å². The van der Waals surface area contributed by atoms with Gasteiger partial charge in [-0.25, -0.2) is 8.42 Å². The molecular weight excluding hydrogens is 392 g/mol. The maximum Gasteiger partial charge on any atom is 0.315 e. The number of thioether (sulfide) groups is 1. The topological polar surface area (TPSA) is 102 Å². The number of sulfonamides is 1. The van der Waals surface area contributed by atoms with Gasteiger partial charge in [0.1, 0.15) is 0 Å². The van der Waals surface area contributed by atoms with Crippen molar-refractivity contribution < 1.29 is 27.5 Å². The summed E-state index contributed by atoms with van der Waals surface area (Å²) in [5.41, 5.74) is 0.387. The Morgan fingerprint density at radius 2 is 2.04 bits per heavy atom. The van der Waals surface area contributed by atoms with Crippen LogP contribution in [0.5, 0.6) is 0 Å². The number of nitrogens with zero attached hydrogens (tertiary/aromatic N) is 1. The van der Waals surface area contributed by atoms with Gasteiger partial charge in [-0.1, -0.05) is 6.07 Å². The summed E-state index contributed by atoms with van der Waals surface area (Å²) in [5.74, 6) is -0.612. The summed E-state index contributed by atoms with van der Waals surface area (Å²) in [5, 5.41) is 2.20. The molecule has 150 valence electrons. The van der Waals surface area contributed by atoms with Crippen molar-refractivity contribution in [1.29, 1.82) is 0 Å². The van der Waals surface area contributed by atoms with Crippen molar-refractivity contribution in [3.63, 3.8) is 0 Å². The van der Waals surface area contributed by atoms with E-state index in [1.165, 1.54) is 16.4 Å². The SMILES string of the molecule is CCOC(=O)CSC(C)C(=O)Nc1cccc(S(=O)(=O)N2CCOCC2)c1. The summed E-state index contributed by atoms with van der Waals surface area (Å²) in [6, 6.07) is 6.14. The minimum atomic E-state index is -3.63. The highest BCUT2D eigenvalue weighted by Gasteiger charge is 2.26. The normalized spacial score (nSPS) is 16.5. The maximum atomic E-state index is 12.7. The first-order chi connectivity index (χ1) is 12.8. The van der Waals surface area contributed by atoms with Gasteiger partial charge in [0.2, 0.25) is 15.9 Å². The molecule has 1 amide bonds. The predicted octanol–water partition coefficient (Wildman–Crippen LogP) is 1.33. The zero-order valence-electron chi connectivity index (χ0n) is 15.3. The number of benzene rings is 1. The number of anilines is 1. The largest absolute Gasteiger partial charge is 0.465 e. The Balaban J connectivity index is 2.00. The Morgan fingerprint density at radius 1 is 1.33 bits per heavy atom. The molecular formula is C17H24N2O6S2. The van der Waals surface area contributed by atoms with Crippen molar-refractivity contribution in [1.82, 2.24) is 4.31 Å². The number of nitrogens with one attached hydrogen (secondary N) is 1. The molecule has 0 radical (unpaired) electrons. The first-order valence-corrected chi connectivity index (χ1v) is 11.1. The van der Waals surface area contributed by atoms with Crippen LogP contribution in [0.2, 0.25) is 0 Å². The fourth-order valence-electron chi connectivity index (χ4n) is 2.39. The Kier molecular flexibility index (Phi) is 8.08. The van der Waals surface area contributed by atoms with Crippen LogP contribution in [-0.4, -0.2) is 68.5 Å². The molecule has 1 atom stereocenters. The molecule has 1 aliphatic rings. The second-order valence-electron chi connectivity index (χ2n) is 5.79. The average Bonchev–Trinajstić information content (AvgIpc) is 2.67. The quantitative estimate of drug-likeness (QED) is 0.638. The first kappa shape index (κ1) is 21.7. The summed E-state index contributed by atoms with van der Waals surface area (Å²) in [6.45, 7) is 5.03. The van der Waals surface area contributed by atoms with Gasteiger partial charge >= 0.3 is 5.97 Å².